The molecule has 0 aliphatic carbocycles. The highest BCUT2D eigenvalue weighted by Gasteiger charge is 2.36. The Labute approximate surface area is 711 Å². The van der Waals surface area contributed by atoms with Gasteiger partial charge in [-0.3, -0.25) is 60.1 Å². The molecule has 8 amide bonds. The molecule has 8 N–H and O–H groups in total. The summed E-state index contributed by atoms with van der Waals surface area (Å²) in [4.78, 5) is 149. The zero-order valence-corrected chi connectivity index (χ0v) is 76.1. The van der Waals surface area contributed by atoms with E-state index in [2.05, 4.69) is 43.0 Å². The third-order valence-electron chi connectivity index (χ3n) is 16.7. The van der Waals surface area contributed by atoms with Crippen molar-refractivity contribution < 1.29 is 95.4 Å². The molecule has 4 aromatic rings. The molecule has 0 heterocycles. The third kappa shape index (κ3) is 46.8. The van der Waals surface area contributed by atoms with Gasteiger partial charge in [-0.05, 0) is 182 Å². The molecule has 4 rings (SSSR count). The monoisotopic (exact) mass is 1690 g/mol. The Morgan fingerprint density at radius 2 is 0.417 bits per heavy atom. The molecule has 0 aliphatic rings. The van der Waals surface area contributed by atoms with Crippen LogP contribution in [0.25, 0.3) is 0 Å². The number of hydrazine groups is 4. The van der Waals surface area contributed by atoms with Gasteiger partial charge in [0.15, 0.2) is 0 Å². The first-order chi connectivity index (χ1) is 55.7. The van der Waals surface area contributed by atoms with Gasteiger partial charge in [-0.25, -0.2) is 39.2 Å². The number of nitrogens with one attached hydrogen (secondary N) is 8. The van der Waals surface area contributed by atoms with Gasteiger partial charge in [0, 0.05) is 26.2 Å². The maximum atomic E-state index is 13.0. The molecule has 32 nitrogen and oxygen atoms in total. The van der Waals surface area contributed by atoms with E-state index in [1.54, 1.807) is 111 Å². The smallest absolute Gasteiger partial charge is 0.408 e. The lowest BCUT2D eigenvalue weighted by atomic mass is 10.0. The van der Waals surface area contributed by atoms with Crippen LogP contribution in [0.5, 0.6) is 0 Å². The first-order valence-electron chi connectivity index (χ1n) is 40.4. The van der Waals surface area contributed by atoms with Crippen LogP contribution in [-0.4, -0.2) is 191 Å². The van der Waals surface area contributed by atoms with Gasteiger partial charge in [0.05, 0.1) is 28.4 Å². The number of hydrogen-bond donors (Lipinski definition) is 8. The van der Waals surface area contributed by atoms with E-state index in [-0.39, 0.29) is 23.7 Å². The highest BCUT2D eigenvalue weighted by atomic mass is 16.6. The van der Waals surface area contributed by atoms with Crippen molar-refractivity contribution in [2.45, 2.75) is 289 Å². The Morgan fingerprint density at radius 3 is 0.542 bits per heavy atom. The standard InChI is InChI=1S/4C22H35N3O5/c4*1-15(2)13-18(23-21(28)30-22(4,5)6)19(26)24-25(16(3)20(27)29-7)14-17-11-9-8-10-12-17/h4*8-12,15-16,18H,13-14H2,1-7H3,(H,23,28)(H,24,26)/t4*16-,18+/m1111/s1. The maximum Gasteiger partial charge on any atom is 0.408 e. The van der Waals surface area contributed by atoms with Crippen molar-refractivity contribution in [1.82, 2.24) is 63.0 Å². The van der Waals surface area contributed by atoms with E-state index in [1.807, 2.05) is 177 Å². The maximum absolute atomic E-state index is 13.0. The Kier molecular flexibility index (Phi) is 47.7. The van der Waals surface area contributed by atoms with E-state index in [1.165, 1.54) is 48.5 Å². The number of hydrogen-bond acceptors (Lipinski definition) is 24. The van der Waals surface area contributed by atoms with Crippen molar-refractivity contribution in [1.29, 1.82) is 0 Å². The Hall–Kier alpha value is -10.4. The lowest BCUT2D eigenvalue weighted by molar-refractivity contribution is -0.151. The number of amides is 8. The highest BCUT2D eigenvalue weighted by Crippen LogP contribution is 2.19. The summed E-state index contributed by atoms with van der Waals surface area (Å²) in [7, 11) is 5.19. The van der Waals surface area contributed by atoms with Crippen LogP contribution >= 0.6 is 0 Å². The van der Waals surface area contributed by atoms with Crippen molar-refractivity contribution in [3.05, 3.63) is 144 Å². The SMILES string of the molecule is COC(=O)[C@@H](C)N(Cc1ccccc1)NC(=O)[C@H](CC(C)C)NC(=O)OC(C)(C)C.COC(=O)[C@@H](C)N(Cc1ccccc1)NC(=O)[C@H](CC(C)C)NC(=O)OC(C)(C)C.COC(=O)[C@@H](C)N(Cc1ccccc1)NC(=O)[C@H](CC(C)C)NC(=O)OC(C)(C)C.COC(=O)[C@@H](C)N(Cc1ccccc1)NC(=O)[C@H](CC(C)C)NC(=O)OC(C)(C)C. The van der Waals surface area contributed by atoms with Crippen molar-refractivity contribution in [2.24, 2.45) is 23.7 Å². The first kappa shape index (κ1) is 108. The van der Waals surface area contributed by atoms with E-state index in [0.29, 0.717) is 51.9 Å². The minimum absolute atomic E-state index is 0.149. The normalized spacial score (nSPS) is 13.5. The van der Waals surface area contributed by atoms with E-state index < -0.39 is 143 Å². The van der Waals surface area contributed by atoms with E-state index in [9.17, 15) is 57.5 Å². The fraction of sp³-hybridized carbons (Fsp3) is 0.591. The van der Waals surface area contributed by atoms with Crippen LogP contribution in [0, 0.1) is 23.7 Å². The summed E-state index contributed by atoms with van der Waals surface area (Å²) in [5.74, 6) is -3.04. The molecule has 0 spiro atoms. The van der Waals surface area contributed by atoms with Crippen LogP contribution in [0.2, 0.25) is 0 Å². The lowest BCUT2D eigenvalue weighted by Gasteiger charge is -2.30. The predicted octanol–water partition coefficient (Wildman–Crippen LogP) is 12.1. The van der Waals surface area contributed by atoms with Crippen LogP contribution < -0.4 is 43.0 Å². The van der Waals surface area contributed by atoms with Gasteiger partial charge in [0.1, 0.15) is 70.7 Å². The van der Waals surface area contributed by atoms with E-state index in [4.69, 9.17) is 37.9 Å². The number of benzene rings is 4. The molecule has 0 saturated carbocycles. The van der Waals surface area contributed by atoms with Gasteiger partial charge in [0.25, 0.3) is 23.6 Å². The van der Waals surface area contributed by atoms with Crippen LogP contribution in [0.3, 0.4) is 0 Å². The summed E-state index contributed by atoms with van der Waals surface area (Å²) in [6.45, 7) is 44.4. The summed E-state index contributed by atoms with van der Waals surface area (Å²) in [6.07, 6.45) is -1.02. The quantitative estimate of drug-likeness (QED) is 0.0119. The molecule has 0 saturated heterocycles. The largest absolute Gasteiger partial charge is 0.468 e. The minimum atomic E-state index is -0.817. The molecule has 0 aromatic heterocycles. The second-order valence-corrected chi connectivity index (χ2v) is 34.5. The number of ether oxygens (including phenoxy) is 8. The molecule has 0 bridgehead atoms. The van der Waals surface area contributed by atoms with Gasteiger partial charge < -0.3 is 59.2 Å². The second kappa shape index (κ2) is 53.3. The van der Waals surface area contributed by atoms with Gasteiger partial charge in [-0.1, -0.05) is 177 Å². The molecule has 0 aliphatic heterocycles. The topological polar surface area (TPSA) is 388 Å². The van der Waals surface area contributed by atoms with Crippen LogP contribution in [0.15, 0.2) is 121 Å². The number of carbonyl (C=O) groups is 12. The van der Waals surface area contributed by atoms with Crippen molar-refractivity contribution in [3.8, 4) is 0 Å². The number of rotatable bonds is 36. The average Bonchev–Trinajstić information content (AvgIpc) is 0.866. The fourth-order valence-corrected chi connectivity index (χ4v) is 10.9. The van der Waals surface area contributed by atoms with Gasteiger partial charge in [0.2, 0.25) is 0 Å². The molecule has 0 fully saturated rings. The second-order valence-electron chi connectivity index (χ2n) is 34.5. The zero-order chi connectivity index (χ0) is 91.6. The Balaban J connectivity index is 0.000000800. The van der Waals surface area contributed by atoms with Crippen LogP contribution in [-0.2, 0) is 102 Å². The lowest BCUT2D eigenvalue weighted by Crippen LogP contribution is -2.56. The van der Waals surface area contributed by atoms with Crippen molar-refractivity contribution in [2.75, 3.05) is 28.4 Å². The number of alkyl carbamates (subject to hydrolysis) is 4. The molecule has 0 radical (unpaired) electrons. The van der Waals surface area contributed by atoms with Crippen molar-refractivity contribution in [3.63, 3.8) is 0 Å². The Bertz CT molecular complexity index is 3290. The van der Waals surface area contributed by atoms with E-state index in [0.717, 1.165) is 22.3 Å². The molecule has 8 atom stereocenters. The summed E-state index contributed by atoms with van der Waals surface area (Å²) in [5, 5.41) is 16.6. The summed E-state index contributed by atoms with van der Waals surface area (Å²) < 4.78 is 40.5. The highest BCUT2D eigenvalue weighted by molar-refractivity contribution is 5.88. The molecule has 32 heteroatoms. The number of nitrogens with zero attached hydrogens (tertiary/aromatic N) is 4. The summed E-state index contributed by atoms with van der Waals surface area (Å²) in [5.41, 5.74) is 12.0. The molecular formula is C88H140N12O20. The van der Waals surface area contributed by atoms with E-state index >= 15 is 0 Å². The summed E-state index contributed by atoms with van der Waals surface area (Å²) in [6, 6.07) is 31.6. The zero-order valence-electron chi connectivity index (χ0n) is 76.1. The van der Waals surface area contributed by atoms with Crippen molar-refractivity contribution >= 4 is 71.9 Å². The summed E-state index contributed by atoms with van der Waals surface area (Å²) >= 11 is 0. The number of esters is 4. The number of methoxy groups -OCH3 is 4. The average molecular weight is 1690 g/mol. The minimum Gasteiger partial charge on any atom is -0.468 e. The van der Waals surface area contributed by atoms with Gasteiger partial charge in [-0.15, -0.1) is 0 Å². The predicted molar refractivity (Wildman–Crippen MR) is 457 cm³/mol. The molecule has 672 valence electrons. The number of carbonyl (C=O) groups excluding carboxylic acids is 12. The molecule has 4 aromatic carbocycles. The third-order valence-corrected chi connectivity index (χ3v) is 16.7. The van der Waals surface area contributed by atoms with Crippen LogP contribution in [0.4, 0.5) is 19.2 Å². The fourth-order valence-electron chi connectivity index (χ4n) is 10.9. The van der Waals surface area contributed by atoms with Crippen LogP contribution in [0.1, 0.15) is 214 Å². The molecular weight excluding hydrogens is 1550 g/mol. The first-order valence-corrected chi connectivity index (χ1v) is 40.4. The Morgan fingerprint density at radius 1 is 0.267 bits per heavy atom. The molecule has 120 heavy (non-hydrogen) atoms. The van der Waals surface area contributed by atoms with Gasteiger partial charge >= 0.3 is 48.3 Å². The van der Waals surface area contributed by atoms with Gasteiger partial charge in [-0.2, -0.15) is 0 Å². The molecule has 0 unspecified atom stereocenters.